The van der Waals surface area contributed by atoms with Gasteiger partial charge in [-0.25, -0.2) is 0 Å². The van der Waals surface area contributed by atoms with Crippen LogP contribution in [0.4, 0.5) is 0 Å². The number of H-pyrrole nitrogens is 1. The SMILES string of the molecule is CN(Cc1cn[nH]c1)C(=O)c1cccc(O)c1. The fourth-order valence-electron chi connectivity index (χ4n) is 1.57. The summed E-state index contributed by atoms with van der Waals surface area (Å²) >= 11 is 0. The van der Waals surface area contributed by atoms with Gasteiger partial charge >= 0.3 is 0 Å². The maximum absolute atomic E-state index is 12.0. The number of phenolic OH excluding ortho intramolecular Hbond substituents is 1. The molecular weight excluding hydrogens is 218 g/mol. The molecule has 1 aromatic carbocycles. The monoisotopic (exact) mass is 231 g/mol. The van der Waals surface area contributed by atoms with Gasteiger partial charge in [-0.2, -0.15) is 5.10 Å². The maximum atomic E-state index is 12.0. The third-order valence-corrected chi connectivity index (χ3v) is 2.41. The molecule has 0 aliphatic carbocycles. The van der Waals surface area contributed by atoms with E-state index < -0.39 is 0 Å². The Labute approximate surface area is 98.7 Å². The largest absolute Gasteiger partial charge is 0.508 e. The highest BCUT2D eigenvalue weighted by atomic mass is 16.3. The van der Waals surface area contributed by atoms with Crippen LogP contribution in [-0.2, 0) is 6.54 Å². The summed E-state index contributed by atoms with van der Waals surface area (Å²) in [6, 6.07) is 6.31. The zero-order chi connectivity index (χ0) is 12.3. The van der Waals surface area contributed by atoms with Gasteiger partial charge in [0.25, 0.3) is 5.91 Å². The van der Waals surface area contributed by atoms with Crippen molar-refractivity contribution in [1.29, 1.82) is 0 Å². The Morgan fingerprint density at radius 2 is 2.35 bits per heavy atom. The van der Waals surface area contributed by atoms with Crippen LogP contribution in [0.15, 0.2) is 36.7 Å². The van der Waals surface area contributed by atoms with Crippen LogP contribution < -0.4 is 0 Å². The molecule has 88 valence electrons. The molecule has 0 radical (unpaired) electrons. The first-order chi connectivity index (χ1) is 8.16. The zero-order valence-corrected chi connectivity index (χ0v) is 9.42. The van der Waals surface area contributed by atoms with Gasteiger partial charge in [0.05, 0.1) is 6.20 Å². The highest BCUT2D eigenvalue weighted by Gasteiger charge is 2.12. The number of hydrogen-bond donors (Lipinski definition) is 2. The molecule has 0 aliphatic rings. The second kappa shape index (κ2) is 4.69. The topological polar surface area (TPSA) is 69.2 Å². The number of rotatable bonds is 3. The average molecular weight is 231 g/mol. The molecule has 5 heteroatoms. The highest BCUT2D eigenvalue weighted by Crippen LogP contribution is 2.13. The standard InChI is InChI=1S/C12H13N3O2/c1-15(8-9-6-13-14-7-9)12(17)10-3-2-4-11(16)5-10/h2-7,16H,8H2,1H3,(H,13,14). The van der Waals surface area contributed by atoms with Crippen LogP contribution in [0.5, 0.6) is 5.75 Å². The number of aromatic nitrogens is 2. The molecule has 0 fully saturated rings. The number of aromatic hydroxyl groups is 1. The van der Waals surface area contributed by atoms with Gasteiger partial charge in [-0.1, -0.05) is 6.07 Å². The summed E-state index contributed by atoms with van der Waals surface area (Å²) < 4.78 is 0. The van der Waals surface area contributed by atoms with Gasteiger partial charge in [0.15, 0.2) is 0 Å². The van der Waals surface area contributed by atoms with E-state index >= 15 is 0 Å². The Kier molecular flexibility index (Phi) is 3.09. The molecule has 1 amide bonds. The highest BCUT2D eigenvalue weighted by molar-refractivity contribution is 5.94. The summed E-state index contributed by atoms with van der Waals surface area (Å²) in [5.41, 5.74) is 1.40. The molecule has 0 saturated heterocycles. The minimum atomic E-state index is -0.137. The van der Waals surface area contributed by atoms with E-state index in [4.69, 9.17) is 0 Å². The molecular formula is C12H13N3O2. The second-order valence-electron chi connectivity index (χ2n) is 3.82. The second-order valence-corrected chi connectivity index (χ2v) is 3.82. The van der Waals surface area contributed by atoms with Crippen LogP contribution in [0.2, 0.25) is 0 Å². The molecule has 17 heavy (non-hydrogen) atoms. The van der Waals surface area contributed by atoms with E-state index in [1.54, 1.807) is 36.5 Å². The van der Waals surface area contributed by atoms with Crippen molar-refractivity contribution in [1.82, 2.24) is 15.1 Å². The number of nitrogens with zero attached hydrogens (tertiary/aromatic N) is 2. The van der Waals surface area contributed by atoms with E-state index in [-0.39, 0.29) is 11.7 Å². The molecule has 2 N–H and O–H groups in total. The van der Waals surface area contributed by atoms with Gasteiger partial charge in [0, 0.05) is 30.9 Å². The van der Waals surface area contributed by atoms with Gasteiger partial charge in [-0.05, 0) is 18.2 Å². The molecule has 5 nitrogen and oxygen atoms in total. The molecule has 2 aromatic rings. The molecule has 0 aliphatic heterocycles. The van der Waals surface area contributed by atoms with Crippen LogP contribution in [0.25, 0.3) is 0 Å². The third kappa shape index (κ3) is 2.63. The first kappa shape index (κ1) is 11.2. The predicted molar refractivity (Wildman–Crippen MR) is 62.5 cm³/mol. The molecule has 1 aromatic heterocycles. The van der Waals surface area contributed by atoms with Crippen molar-refractivity contribution >= 4 is 5.91 Å². The normalized spacial score (nSPS) is 10.2. The van der Waals surface area contributed by atoms with E-state index in [2.05, 4.69) is 10.2 Å². The lowest BCUT2D eigenvalue weighted by atomic mass is 10.2. The summed E-state index contributed by atoms with van der Waals surface area (Å²) in [5, 5.41) is 15.8. The molecule has 1 heterocycles. The lowest BCUT2D eigenvalue weighted by Crippen LogP contribution is -2.25. The molecule has 0 saturated carbocycles. The van der Waals surface area contributed by atoms with Crippen LogP contribution >= 0.6 is 0 Å². The number of aromatic amines is 1. The number of hydrogen-bond acceptors (Lipinski definition) is 3. The van der Waals surface area contributed by atoms with Crippen molar-refractivity contribution in [2.45, 2.75) is 6.54 Å². The van der Waals surface area contributed by atoms with Gasteiger partial charge in [0.2, 0.25) is 0 Å². The van der Waals surface area contributed by atoms with Crippen molar-refractivity contribution in [2.75, 3.05) is 7.05 Å². The van der Waals surface area contributed by atoms with Gasteiger partial charge in [-0.3, -0.25) is 9.89 Å². The number of carbonyl (C=O) groups is 1. The first-order valence-corrected chi connectivity index (χ1v) is 5.19. The van der Waals surface area contributed by atoms with Crippen molar-refractivity contribution in [3.8, 4) is 5.75 Å². The predicted octanol–water partition coefficient (Wildman–Crippen LogP) is 1.39. The number of carbonyl (C=O) groups excluding carboxylic acids is 1. The van der Waals surface area contributed by atoms with Crippen molar-refractivity contribution in [3.63, 3.8) is 0 Å². The van der Waals surface area contributed by atoms with E-state index in [0.717, 1.165) is 5.56 Å². The number of amides is 1. The molecule has 0 atom stereocenters. The number of nitrogens with one attached hydrogen (secondary N) is 1. The minimum Gasteiger partial charge on any atom is -0.508 e. The number of phenols is 1. The van der Waals surface area contributed by atoms with Crippen LogP contribution in [0, 0.1) is 0 Å². The van der Waals surface area contributed by atoms with E-state index in [1.807, 2.05) is 0 Å². The lowest BCUT2D eigenvalue weighted by molar-refractivity contribution is 0.0784. The van der Waals surface area contributed by atoms with Gasteiger partial charge < -0.3 is 10.0 Å². The van der Waals surface area contributed by atoms with Crippen LogP contribution in [0.3, 0.4) is 0 Å². The third-order valence-electron chi connectivity index (χ3n) is 2.41. The summed E-state index contributed by atoms with van der Waals surface area (Å²) in [4.78, 5) is 13.6. The van der Waals surface area contributed by atoms with E-state index in [1.165, 1.54) is 12.1 Å². The summed E-state index contributed by atoms with van der Waals surface area (Å²) in [6.07, 6.45) is 3.42. The Bertz CT molecular complexity index is 508. The minimum absolute atomic E-state index is 0.0903. The van der Waals surface area contributed by atoms with E-state index in [9.17, 15) is 9.90 Å². The van der Waals surface area contributed by atoms with E-state index in [0.29, 0.717) is 12.1 Å². The average Bonchev–Trinajstić information content (AvgIpc) is 2.80. The Morgan fingerprint density at radius 1 is 1.53 bits per heavy atom. The van der Waals surface area contributed by atoms with Crippen molar-refractivity contribution < 1.29 is 9.90 Å². The Hall–Kier alpha value is -2.30. The van der Waals surface area contributed by atoms with Crippen molar-refractivity contribution in [3.05, 3.63) is 47.8 Å². The zero-order valence-electron chi connectivity index (χ0n) is 9.42. The number of benzene rings is 1. The molecule has 0 bridgehead atoms. The summed E-state index contributed by atoms with van der Waals surface area (Å²) in [7, 11) is 1.71. The first-order valence-electron chi connectivity index (χ1n) is 5.19. The fourth-order valence-corrected chi connectivity index (χ4v) is 1.57. The molecule has 0 unspecified atom stereocenters. The quantitative estimate of drug-likeness (QED) is 0.838. The van der Waals surface area contributed by atoms with Gasteiger partial charge in [-0.15, -0.1) is 0 Å². The van der Waals surface area contributed by atoms with Crippen LogP contribution in [0.1, 0.15) is 15.9 Å². The smallest absolute Gasteiger partial charge is 0.254 e. The lowest BCUT2D eigenvalue weighted by Gasteiger charge is -2.16. The molecule has 0 spiro atoms. The van der Waals surface area contributed by atoms with Crippen molar-refractivity contribution in [2.24, 2.45) is 0 Å². The summed E-state index contributed by atoms with van der Waals surface area (Å²) in [6.45, 7) is 0.477. The molecule has 2 rings (SSSR count). The Morgan fingerprint density at radius 3 is 3.00 bits per heavy atom. The summed E-state index contributed by atoms with van der Waals surface area (Å²) in [5.74, 6) is -0.0466. The fraction of sp³-hybridized carbons (Fsp3) is 0.167. The van der Waals surface area contributed by atoms with Gasteiger partial charge in [0.1, 0.15) is 5.75 Å². The maximum Gasteiger partial charge on any atom is 0.254 e. The Balaban J connectivity index is 2.09. The van der Waals surface area contributed by atoms with Crippen LogP contribution in [-0.4, -0.2) is 33.2 Å².